The van der Waals surface area contributed by atoms with Crippen molar-refractivity contribution in [2.24, 2.45) is 0 Å². The van der Waals surface area contributed by atoms with Crippen LogP contribution in [0.4, 0.5) is 4.79 Å². The molecule has 2 aromatic rings. The van der Waals surface area contributed by atoms with Crippen molar-refractivity contribution >= 4 is 29.7 Å². The highest BCUT2D eigenvalue weighted by atomic mass is 32.2. The number of allylic oxidation sites excluding steroid dienone is 1. The number of esters is 1. The highest BCUT2D eigenvalue weighted by Gasteiger charge is 2.31. The topological polar surface area (TPSA) is 103 Å². The molecule has 0 unspecified atom stereocenters. The summed E-state index contributed by atoms with van der Waals surface area (Å²) in [5.74, 6) is -0.0122. The van der Waals surface area contributed by atoms with Gasteiger partial charge in [0.05, 0.1) is 12.6 Å². The van der Waals surface area contributed by atoms with Crippen molar-refractivity contribution in [2.45, 2.75) is 199 Å². The predicted molar refractivity (Wildman–Crippen MR) is 260 cm³/mol. The number of carbonyl (C=O) groups is 3. The summed E-state index contributed by atoms with van der Waals surface area (Å²) in [7, 11) is 0. The average molecular weight is 877 g/mol. The van der Waals surface area contributed by atoms with Crippen LogP contribution in [-0.2, 0) is 23.8 Å². The van der Waals surface area contributed by atoms with Crippen LogP contribution in [0.5, 0.6) is 0 Å². The summed E-state index contributed by atoms with van der Waals surface area (Å²) in [6, 6.07) is 15.2. The third-order valence-corrected chi connectivity index (χ3v) is 12.7. The second kappa shape index (κ2) is 32.4. The van der Waals surface area contributed by atoms with E-state index in [1.165, 1.54) is 127 Å². The molecular weight excluding hydrogens is 793 g/mol. The molecule has 0 bridgehead atoms. The van der Waals surface area contributed by atoms with E-state index in [0.29, 0.717) is 19.0 Å². The number of alkyl carbamates (subject to hydrolysis) is 1. The standard InChI is InChI=1S/C53H84N2O6S/c1-6-8-10-12-14-16-17-18-19-20-22-24-26-32-38-59-39-43(54-50(56)37-27-25-23-21-15-13-11-9-7-2)41-62-42-49(51(57)61-53(3,4)5)55-52(58)60-40-48-46-35-30-28-33-44(46)45-34-29-31-36-47(45)48/h27-31,33-37,43,48-49H,6-26,32,38-42H2,1-5H3,(H,54,56)(H,55,58)/t43-,49+/m1/s1. The quantitative estimate of drug-likeness (QED) is 0.0404. The van der Waals surface area contributed by atoms with E-state index in [-0.39, 0.29) is 30.2 Å². The minimum absolute atomic E-state index is 0.0963. The first kappa shape index (κ1) is 53.0. The predicted octanol–water partition coefficient (Wildman–Crippen LogP) is 13.6. The van der Waals surface area contributed by atoms with Gasteiger partial charge in [0.2, 0.25) is 5.91 Å². The number of nitrogens with one attached hydrogen (secondary N) is 2. The van der Waals surface area contributed by atoms with Gasteiger partial charge in [0, 0.05) is 24.0 Å². The Morgan fingerprint density at radius 1 is 0.661 bits per heavy atom. The largest absolute Gasteiger partial charge is 0.458 e. The van der Waals surface area contributed by atoms with Crippen LogP contribution in [-0.4, -0.2) is 67.0 Å². The summed E-state index contributed by atoms with van der Waals surface area (Å²) >= 11 is 1.47. The molecule has 2 atom stereocenters. The first-order valence-electron chi connectivity index (χ1n) is 24.6. The normalized spacial score (nSPS) is 13.4. The monoisotopic (exact) mass is 877 g/mol. The SMILES string of the molecule is CCCCCCCCCC=CC(=O)N[C@H](COCCCCCCCCCCCCCCCC)CSC[C@H](NC(=O)OCC1c2ccccc2-c2ccccc21)C(=O)OC(C)(C)C. The van der Waals surface area contributed by atoms with Crippen molar-refractivity contribution in [1.82, 2.24) is 10.6 Å². The van der Waals surface area contributed by atoms with Gasteiger partial charge in [0.25, 0.3) is 0 Å². The second-order valence-corrected chi connectivity index (χ2v) is 19.4. The lowest BCUT2D eigenvalue weighted by Gasteiger charge is -2.25. The number of hydrogen-bond acceptors (Lipinski definition) is 7. The molecule has 0 heterocycles. The van der Waals surface area contributed by atoms with E-state index in [9.17, 15) is 14.4 Å². The van der Waals surface area contributed by atoms with E-state index in [2.05, 4.69) is 48.7 Å². The molecular formula is C53H84N2O6S. The van der Waals surface area contributed by atoms with Gasteiger partial charge in [-0.25, -0.2) is 9.59 Å². The molecule has 8 nitrogen and oxygen atoms in total. The maximum atomic E-state index is 13.4. The lowest BCUT2D eigenvalue weighted by Crippen LogP contribution is -2.46. The van der Waals surface area contributed by atoms with Crippen LogP contribution in [0.1, 0.15) is 193 Å². The molecule has 2 aromatic carbocycles. The molecule has 62 heavy (non-hydrogen) atoms. The summed E-state index contributed by atoms with van der Waals surface area (Å²) in [5, 5.41) is 5.94. The number of unbranched alkanes of at least 4 members (excludes halogenated alkanes) is 20. The van der Waals surface area contributed by atoms with Crippen molar-refractivity contribution in [3.05, 3.63) is 71.8 Å². The Labute approximate surface area is 381 Å². The molecule has 2 amide bonds. The van der Waals surface area contributed by atoms with Gasteiger partial charge in [-0.1, -0.05) is 190 Å². The molecule has 2 N–H and O–H groups in total. The van der Waals surface area contributed by atoms with Crippen molar-refractivity contribution in [2.75, 3.05) is 31.3 Å². The van der Waals surface area contributed by atoms with Gasteiger partial charge in [0.1, 0.15) is 18.2 Å². The summed E-state index contributed by atoms with van der Waals surface area (Å²) in [4.78, 5) is 39.8. The number of ether oxygens (including phenoxy) is 3. The van der Waals surface area contributed by atoms with E-state index >= 15 is 0 Å². The second-order valence-electron chi connectivity index (χ2n) is 18.3. The number of carbonyl (C=O) groups excluding carboxylic acids is 3. The van der Waals surface area contributed by atoms with E-state index < -0.39 is 23.7 Å². The Balaban J connectivity index is 1.48. The lowest BCUT2D eigenvalue weighted by atomic mass is 9.98. The summed E-state index contributed by atoms with van der Waals surface area (Å²) < 4.78 is 17.7. The highest BCUT2D eigenvalue weighted by Crippen LogP contribution is 2.44. The number of hydrogen-bond donors (Lipinski definition) is 2. The van der Waals surface area contributed by atoms with Gasteiger partial charge in [-0.2, -0.15) is 11.8 Å². The number of fused-ring (bicyclic) bond motifs is 3. The molecule has 1 aliphatic rings. The van der Waals surface area contributed by atoms with E-state index in [1.807, 2.05) is 51.1 Å². The van der Waals surface area contributed by atoms with Gasteiger partial charge < -0.3 is 24.8 Å². The third-order valence-electron chi connectivity index (χ3n) is 11.5. The molecule has 0 aliphatic heterocycles. The van der Waals surface area contributed by atoms with Crippen molar-refractivity contribution < 1.29 is 28.6 Å². The molecule has 0 fully saturated rings. The first-order valence-corrected chi connectivity index (χ1v) is 25.7. The van der Waals surface area contributed by atoms with Gasteiger partial charge in [0.15, 0.2) is 0 Å². The van der Waals surface area contributed by atoms with Crippen LogP contribution in [0.25, 0.3) is 11.1 Å². The van der Waals surface area contributed by atoms with E-state index in [1.54, 1.807) is 6.08 Å². The van der Waals surface area contributed by atoms with Crippen LogP contribution in [0.3, 0.4) is 0 Å². The summed E-state index contributed by atoms with van der Waals surface area (Å²) in [6.45, 7) is 11.1. The van der Waals surface area contributed by atoms with Gasteiger partial charge in [-0.15, -0.1) is 0 Å². The molecule has 0 radical (unpaired) electrons. The fraction of sp³-hybridized carbons (Fsp3) is 0.679. The lowest BCUT2D eigenvalue weighted by molar-refractivity contribution is -0.156. The molecule has 1 aliphatic carbocycles. The van der Waals surface area contributed by atoms with Crippen molar-refractivity contribution in [3.8, 4) is 11.1 Å². The Morgan fingerprint density at radius 2 is 1.16 bits per heavy atom. The zero-order valence-electron chi connectivity index (χ0n) is 39.5. The summed E-state index contributed by atoms with van der Waals surface area (Å²) in [5.41, 5.74) is 3.80. The molecule has 348 valence electrons. The number of amides is 2. The summed E-state index contributed by atoms with van der Waals surface area (Å²) in [6.07, 6.45) is 30.8. The Hall–Kier alpha value is -3.30. The van der Waals surface area contributed by atoms with Crippen molar-refractivity contribution in [3.63, 3.8) is 0 Å². The first-order chi connectivity index (χ1) is 30.1. The fourth-order valence-electron chi connectivity index (χ4n) is 8.07. The molecule has 0 saturated heterocycles. The average Bonchev–Trinajstić information content (AvgIpc) is 3.57. The fourth-order valence-corrected chi connectivity index (χ4v) is 9.12. The highest BCUT2D eigenvalue weighted by molar-refractivity contribution is 7.99. The van der Waals surface area contributed by atoms with Crippen LogP contribution >= 0.6 is 11.8 Å². The molecule has 0 spiro atoms. The molecule has 0 aromatic heterocycles. The van der Waals surface area contributed by atoms with Crippen molar-refractivity contribution in [1.29, 1.82) is 0 Å². The minimum Gasteiger partial charge on any atom is -0.458 e. The number of benzene rings is 2. The van der Waals surface area contributed by atoms with Crippen LogP contribution < -0.4 is 10.6 Å². The Morgan fingerprint density at radius 3 is 1.69 bits per heavy atom. The maximum absolute atomic E-state index is 13.4. The zero-order valence-corrected chi connectivity index (χ0v) is 40.3. The Bertz CT molecular complexity index is 1510. The van der Waals surface area contributed by atoms with Crippen LogP contribution in [0.2, 0.25) is 0 Å². The minimum atomic E-state index is -0.940. The van der Waals surface area contributed by atoms with Gasteiger partial charge >= 0.3 is 12.1 Å². The molecule has 9 heteroatoms. The zero-order chi connectivity index (χ0) is 44.7. The van der Waals surface area contributed by atoms with Crippen LogP contribution in [0.15, 0.2) is 60.7 Å². The molecule has 3 rings (SSSR count). The van der Waals surface area contributed by atoms with Gasteiger partial charge in [-0.05, 0) is 68.4 Å². The molecule has 0 saturated carbocycles. The number of rotatable bonds is 35. The van der Waals surface area contributed by atoms with E-state index in [0.717, 1.165) is 47.9 Å². The smallest absolute Gasteiger partial charge is 0.407 e. The maximum Gasteiger partial charge on any atom is 0.407 e. The Kier molecular flexibility index (Phi) is 27.7. The van der Waals surface area contributed by atoms with E-state index in [4.69, 9.17) is 14.2 Å². The van der Waals surface area contributed by atoms with Gasteiger partial charge in [-0.3, -0.25) is 4.79 Å². The van der Waals surface area contributed by atoms with Crippen LogP contribution in [0, 0.1) is 0 Å². The number of thioether (sulfide) groups is 1. The third kappa shape index (κ3) is 22.9.